The van der Waals surface area contributed by atoms with Crippen molar-refractivity contribution in [2.75, 3.05) is 0 Å². The molecule has 0 aliphatic carbocycles. The summed E-state index contributed by atoms with van der Waals surface area (Å²) in [6.07, 6.45) is 0.912. The Balaban J connectivity index is 2.16. The molecule has 1 aliphatic rings. The molecule has 5 heteroatoms. The van der Waals surface area contributed by atoms with Crippen molar-refractivity contribution in [3.63, 3.8) is 0 Å². The Morgan fingerprint density at radius 2 is 1.96 bits per heavy atom. The molecule has 1 heterocycles. The van der Waals surface area contributed by atoms with Gasteiger partial charge in [0.05, 0.1) is 6.61 Å². The molecule has 1 aromatic rings. The molecule has 0 saturated carbocycles. The Hall–Kier alpha value is -1.33. The van der Waals surface area contributed by atoms with Gasteiger partial charge in [0.1, 0.15) is 0 Å². The molecule has 0 saturated heterocycles. The molecule has 0 bridgehead atoms. The lowest BCUT2D eigenvalue weighted by molar-refractivity contribution is 0.0875. The highest BCUT2D eigenvalue weighted by Crippen LogP contribution is 2.30. The number of hydrogen-bond donors (Lipinski definition) is 2. The van der Waals surface area contributed by atoms with E-state index in [1.165, 1.54) is 0 Å². The van der Waals surface area contributed by atoms with E-state index in [0.717, 1.165) is 17.4 Å². The highest BCUT2D eigenvalue weighted by atomic mass is 16.5. The van der Waals surface area contributed by atoms with E-state index in [9.17, 15) is 9.82 Å². The molecular formula is C18H28BNO3. The zero-order valence-corrected chi connectivity index (χ0v) is 15.1. The van der Waals surface area contributed by atoms with Crippen LogP contribution in [0.25, 0.3) is 0 Å². The molecule has 0 spiro atoms. The van der Waals surface area contributed by atoms with Gasteiger partial charge in [0.15, 0.2) is 0 Å². The predicted octanol–water partition coefficient (Wildman–Crippen LogP) is 2.49. The van der Waals surface area contributed by atoms with Crippen molar-refractivity contribution >= 4 is 18.5 Å². The summed E-state index contributed by atoms with van der Waals surface area (Å²) in [6, 6.07) is 5.43. The summed E-state index contributed by atoms with van der Waals surface area (Å²) in [5, 5.41) is 12.9. The van der Waals surface area contributed by atoms with Crippen LogP contribution >= 0.6 is 0 Å². The van der Waals surface area contributed by atoms with Gasteiger partial charge < -0.3 is 15.0 Å². The van der Waals surface area contributed by atoms with Crippen LogP contribution in [0, 0.1) is 10.8 Å². The van der Waals surface area contributed by atoms with Crippen LogP contribution in [0.2, 0.25) is 0 Å². The fourth-order valence-electron chi connectivity index (χ4n) is 2.80. The molecule has 2 rings (SSSR count). The maximum absolute atomic E-state index is 12.7. The number of benzene rings is 1. The molecule has 0 radical (unpaired) electrons. The molecule has 1 unspecified atom stereocenters. The summed E-state index contributed by atoms with van der Waals surface area (Å²) in [6.45, 7) is 13.4. The average Bonchev–Trinajstić information content (AvgIpc) is 2.76. The lowest BCUT2D eigenvalue weighted by Crippen LogP contribution is -2.45. The second-order valence-electron chi connectivity index (χ2n) is 8.73. The first kappa shape index (κ1) is 18.0. The SMILES string of the molecule is CC(C)(C)CC(NC(=O)c1ccc2c(c1)COB2O)C(C)(C)C. The highest BCUT2D eigenvalue weighted by molar-refractivity contribution is 6.61. The summed E-state index contributed by atoms with van der Waals surface area (Å²) in [7, 11) is -0.870. The molecule has 23 heavy (non-hydrogen) atoms. The van der Waals surface area contributed by atoms with Crippen LogP contribution in [-0.2, 0) is 11.3 Å². The maximum atomic E-state index is 12.7. The van der Waals surface area contributed by atoms with Gasteiger partial charge in [0.2, 0.25) is 0 Å². The third-order valence-corrected chi connectivity index (χ3v) is 4.24. The Morgan fingerprint density at radius 3 is 2.52 bits per heavy atom. The second kappa shape index (κ2) is 6.29. The molecule has 1 aromatic carbocycles. The molecule has 126 valence electrons. The number of carbonyl (C=O) groups excluding carboxylic acids is 1. The van der Waals surface area contributed by atoms with Gasteiger partial charge in [-0.3, -0.25) is 4.79 Å². The second-order valence-corrected chi connectivity index (χ2v) is 8.73. The number of carbonyl (C=O) groups is 1. The van der Waals surface area contributed by atoms with Crippen LogP contribution in [0.4, 0.5) is 0 Å². The van der Waals surface area contributed by atoms with E-state index in [0.29, 0.717) is 12.2 Å². The molecule has 1 aliphatic heterocycles. The van der Waals surface area contributed by atoms with E-state index >= 15 is 0 Å². The minimum Gasteiger partial charge on any atom is -0.423 e. The van der Waals surface area contributed by atoms with Gasteiger partial charge in [-0.25, -0.2) is 0 Å². The van der Waals surface area contributed by atoms with Gasteiger partial charge in [-0.05, 0) is 40.4 Å². The minimum absolute atomic E-state index is 0.0149. The summed E-state index contributed by atoms with van der Waals surface area (Å²) < 4.78 is 5.18. The molecule has 4 nitrogen and oxygen atoms in total. The minimum atomic E-state index is -0.870. The Bertz CT molecular complexity index is 587. The zero-order valence-electron chi connectivity index (χ0n) is 15.1. The Labute approximate surface area is 139 Å². The normalized spacial score (nSPS) is 16.2. The van der Waals surface area contributed by atoms with E-state index < -0.39 is 7.12 Å². The Morgan fingerprint density at radius 1 is 1.30 bits per heavy atom. The third-order valence-electron chi connectivity index (χ3n) is 4.24. The summed E-state index contributed by atoms with van der Waals surface area (Å²) >= 11 is 0. The molecular weight excluding hydrogens is 289 g/mol. The number of nitrogens with one attached hydrogen (secondary N) is 1. The fraction of sp³-hybridized carbons (Fsp3) is 0.611. The number of hydrogen-bond acceptors (Lipinski definition) is 3. The van der Waals surface area contributed by atoms with Crippen molar-refractivity contribution in [3.8, 4) is 0 Å². The Kier molecular flexibility index (Phi) is 4.93. The molecule has 0 aromatic heterocycles. The molecule has 1 atom stereocenters. The van der Waals surface area contributed by atoms with Crippen molar-refractivity contribution in [2.24, 2.45) is 10.8 Å². The van der Waals surface area contributed by atoms with Crippen molar-refractivity contribution < 1.29 is 14.5 Å². The standard InChI is InChI=1S/C18H28BNO3/c1-17(2,3)10-15(18(4,5)6)20-16(21)12-7-8-14-13(9-12)11-23-19(14)22/h7-9,15,22H,10-11H2,1-6H3,(H,20,21). The van der Waals surface area contributed by atoms with E-state index in [-0.39, 0.29) is 22.8 Å². The van der Waals surface area contributed by atoms with Gasteiger partial charge in [-0.15, -0.1) is 0 Å². The van der Waals surface area contributed by atoms with Crippen LogP contribution in [0.1, 0.15) is 63.9 Å². The van der Waals surface area contributed by atoms with Crippen LogP contribution in [0.3, 0.4) is 0 Å². The number of rotatable bonds is 3. The van der Waals surface area contributed by atoms with Gasteiger partial charge in [0.25, 0.3) is 5.91 Å². The fourth-order valence-corrected chi connectivity index (χ4v) is 2.80. The van der Waals surface area contributed by atoms with E-state index in [1.807, 2.05) is 6.07 Å². The first-order chi connectivity index (χ1) is 10.5. The van der Waals surface area contributed by atoms with Gasteiger partial charge in [-0.1, -0.05) is 47.6 Å². The summed E-state index contributed by atoms with van der Waals surface area (Å²) in [5.41, 5.74) is 2.38. The zero-order chi connectivity index (χ0) is 17.4. The first-order valence-electron chi connectivity index (χ1n) is 8.21. The summed E-state index contributed by atoms with van der Waals surface area (Å²) in [4.78, 5) is 12.7. The van der Waals surface area contributed by atoms with E-state index in [1.54, 1.807) is 12.1 Å². The van der Waals surface area contributed by atoms with Crippen molar-refractivity contribution in [1.82, 2.24) is 5.32 Å². The van der Waals surface area contributed by atoms with Crippen LogP contribution in [-0.4, -0.2) is 24.1 Å². The maximum Gasteiger partial charge on any atom is 0.491 e. The lowest BCUT2D eigenvalue weighted by atomic mass is 9.76. The molecule has 1 amide bonds. The number of amides is 1. The largest absolute Gasteiger partial charge is 0.491 e. The quantitative estimate of drug-likeness (QED) is 0.842. The average molecular weight is 317 g/mol. The van der Waals surface area contributed by atoms with Crippen LogP contribution in [0.5, 0.6) is 0 Å². The van der Waals surface area contributed by atoms with E-state index in [4.69, 9.17) is 4.65 Å². The topological polar surface area (TPSA) is 58.6 Å². The van der Waals surface area contributed by atoms with Gasteiger partial charge in [0, 0.05) is 11.6 Å². The van der Waals surface area contributed by atoms with Crippen LogP contribution < -0.4 is 10.8 Å². The number of fused-ring (bicyclic) bond motifs is 1. The van der Waals surface area contributed by atoms with Crippen LogP contribution in [0.15, 0.2) is 18.2 Å². The summed E-state index contributed by atoms with van der Waals surface area (Å²) in [5.74, 6) is -0.0710. The molecule has 0 fully saturated rings. The van der Waals surface area contributed by atoms with Crippen molar-refractivity contribution in [1.29, 1.82) is 0 Å². The highest BCUT2D eigenvalue weighted by Gasteiger charge is 2.31. The lowest BCUT2D eigenvalue weighted by Gasteiger charge is -2.36. The monoisotopic (exact) mass is 317 g/mol. The third kappa shape index (κ3) is 4.58. The van der Waals surface area contributed by atoms with Gasteiger partial charge >= 0.3 is 7.12 Å². The smallest absolute Gasteiger partial charge is 0.423 e. The first-order valence-corrected chi connectivity index (χ1v) is 8.21. The van der Waals surface area contributed by atoms with Gasteiger partial charge in [-0.2, -0.15) is 0 Å². The van der Waals surface area contributed by atoms with Crippen molar-refractivity contribution in [2.45, 2.75) is 60.6 Å². The molecule has 2 N–H and O–H groups in total. The van der Waals surface area contributed by atoms with E-state index in [2.05, 4.69) is 46.9 Å². The van der Waals surface area contributed by atoms with Crippen molar-refractivity contribution in [3.05, 3.63) is 29.3 Å². The predicted molar refractivity (Wildman–Crippen MR) is 93.6 cm³/mol.